The van der Waals surface area contributed by atoms with E-state index in [-0.39, 0.29) is 18.3 Å². The summed E-state index contributed by atoms with van der Waals surface area (Å²) in [6, 6.07) is 9.32. The first-order chi connectivity index (χ1) is 9.20. The number of aliphatic hydroxyl groups excluding tert-OH is 1. The smallest absolute Gasteiger partial charge is 0.234 e. The fraction of sp³-hybridized carbons (Fsp3) is 0.231. The van der Waals surface area contributed by atoms with Gasteiger partial charge in [-0.25, -0.2) is 4.98 Å². The number of hydrogen-bond acceptors (Lipinski definition) is 4. The Bertz CT molecular complexity index is 554. The maximum absolute atomic E-state index is 11.8. The quantitative estimate of drug-likeness (QED) is 0.815. The lowest BCUT2D eigenvalue weighted by atomic mass is 10.3. The van der Waals surface area contributed by atoms with Crippen LogP contribution < -0.4 is 5.32 Å². The number of aromatic nitrogens is 2. The predicted octanol–water partition coefficient (Wildman–Crippen LogP) is 1.64. The van der Waals surface area contributed by atoms with Gasteiger partial charge in [-0.2, -0.15) is 0 Å². The minimum Gasteiger partial charge on any atom is -0.390 e. The van der Waals surface area contributed by atoms with Crippen molar-refractivity contribution < 1.29 is 9.90 Å². The van der Waals surface area contributed by atoms with Gasteiger partial charge in [-0.05, 0) is 12.1 Å². The van der Waals surface area contributed by atoms with Crippen molar-refractivity contribution >= 4 is 23.4 Å². The highest BCUT2D eigenvalue weighted by atomic mass is 32.2. The van der Waals surface area contributed by atoms with Gasteiger partial charge in [0.05, 0.1) is 24.3 Å². The number of aliphatic hydroxyl groups is 1. The van der Waals surface area contributed by atoms with Crippen LogP contribution in [0, 0.1) is 0 Å². The zero-order valence-corrected chi connectivity index (χ0v) is 11.4. The number of rotatable bonds is 5. The van der Waals surface area contributed by atoms with Crippen LogP contribution in [0.4, 0.5) is 5.69 Å². The average molecular weight is 277 g/mol. The fourth-order valence-electron chi connectivity index (χ4n) is 1.56. The van der Waals surface area contributed by atoms with Gasteiger partial charge >= 0.3 is 0 Å². The Kier molecular flexibility index (Phi) is 4.59. The van der Waals surface area contributed by atoms with Crippen LogP contribution in [-0.4, -0.2) is 26.3 Å². The van der Waals surface area contributed by atoms with E-state index in [4.69, 9.17) is 5.11 Å². The number of benzene rings is 1. The van der Waals surface area contributed by atoms with Crippen LogP contribution in [0.25, 0.3) is 0 Å². The number of thioether (sulfide) groups is 1. The van der Waals surface area contributed by atoms with Crippen molar-refractivity contribution in [2.45, 2.75) is 11.8 Å². The highest BCUT2D eigenvalue weighted by Crippen LogP contribution is 2.17. The zero-order valence-electron chi connectivity index (χ0n) is 10.5. The van der Waals surface area contributed by atoms with Gasteiger partial charge < -0.3 is 15.0 Å². The second kappa shape index (κ2) is 6.40. The Hall–Kier alpha value is -1.79. The lowest BCUT2D eigenvalue weighted by Crippen LogP contribution is -2.14. The zero-order chi connectivity index (χ0) is 13.7. The van der Waals surface area contributed by atoms with Crippen LogP contribution in [0.1, 0.15) is 5.69 Å². The Morgan fingerprint density at radius 2 is 2.16 bits per heavy atom. The van der Waals surface area contributed by atoms with Crippen molar-refractivity contribution in [3.63, 3.8) is 0 Å². The molecule has 6 heteroatoms. The number of carbonyl (C=O) groups is 1. The van der Waals surface area contributed by atoms with Crippen LogP contribution in [-0.2, 0) is 18.4 Å². The van der Waals surface area contributed by atoms with E-state index in [2.05, 4.69) is 10.3 Å². The van der Waals surface area contributed by atoms with E-state index >= 15 is 0 Å². The van der Waals surface area contributed by atoms with E-state index in [0.717, 1.165) is 11.4 Å². The molecule has 0 aliphatic carbocycles. The molecule has 1 aromatic heterocycles. The Labute approximate surface area is 115 Å². The summed E-state index contributed by atoms with van der Waals surface area (Å²) in [5, 5.41) is 12.6. The van der Waals surface area contributed by atoms with Gasteiger partial charge in [-0.3, -0.25) is 4.79 Å². The molecule has 0 aliphatic rings. The van der Waals surface area contributed by atoms with Crippen LogP contribution in [0.5, 0.6) is 0 Å². The molecule has 0 radical (unpaired) electrons. The third kappa shape index (κ3) is 3.59. The molecule has 0 unspecified atom stereocenters. The van der Waals surface area contributed by atoms with Crippen LogP contribution in [0.2, 0.25) is 0 Å². The van der Waals surface area contributed by atoms with Gasteiger partial charge in [0.2, 0.25) is 5.91 Å². The van der Waals surface area contributed by atoms with Crippen molar-refractivity contribution in [3.8, 4) is 0 Å². The van der Waals surface area contributed by atoms with E-state index in [1.54, 1.807) is 10.8 Å². The highest BCUT2D eigenvalue weighted by molar-refractivity contribution is 7.99. The molecule has 1 amide bonds. The normalized spacial score (nSPS) is 10.4. The Morgan fingerprint density at radius 3 is 2.79 bits per heavy atom. The van der Waals surface area contributed by atoms with Crippen molar-refractivity contribution in [2.24, 2.45) is 7.05 Å². The fourth-order valence-corrected chi connectivity index (χ4v) is 2.33. The SMILES string of the molecule is Cn1c(CO)cnc1SCC(=O)Nc1ccccc1. The monoisotopic (exact) mass is 277 g/mol. The number of imidazole rings is 1. The number of carbonyl (C=O) groups excluding carboxylic acids is 1. The summed E-state index contributed by atoms with van der Waals surface area (Å²) in [5.74, 6) is 0.203. The molecule has 0 aliphatic heterocycles. The second-order valence-corrected chi connectivity index (χ2v) is 4.89. The minimum absolute atomic E-state index is 0.0553. The molecule has 0 bridgehead atoms. The van der Waals surface area contributed by atoms with Crippen LogP contribution >= 0.6 is 11.8 Å². The third-order valence-corrected chi connectivity index (χ3v) is 3.64. The van der Waals surface area contributed by atoms with Crippen LogP contribution in [0.15, 0.2) is 41.7 Å². The van der Waals surface area contributed by atoms with Crippen molar-refractivity contribution in [3.05, 3.63) is 42.2 Å². The first kappa shape index (κ1) is 13.6. The first-order valence-corrected chi connectivity index (χ1v) is 6.78. The summed E-state index contributed by atoms with van der Waals surface area (Å²) in [4.78, 5) is 15.9. The highest BCUT2D eigenvalue weighted by Gasteiger charge is 2.09. The number of nitrogens with zero attached hydrogens (tertiary/aromatic N) is 2. The molecule has 0 atom stereocenters. The summed E-state index contributed by atoms with van der Waals surface area (Å²) in [5.41, 5.74) is 1.51. The van der Waals surface area contributed by atoms with Gasteiger partial charge in [-0.1, -0.05) is 30.0 Å². The largest absolute Gasteiger partial charge is 0.390 e. The maximum atomic E-state index is 11.8. The summed E-state index contributed by atoms with van der Waals surface area (Å²) in [6.07, 6.45) is 1.61. The molecular formula is C13H15N3O2S. The van der Waals surface area contributed by atoms with Crippen molar-refractivity contribution in [1.29, 1.82) is 0 Å². The molecule has 2 aromatic rings. The number of para-hydroxylation sites is 1. The molecule has 0 spiro atoms. The van der Waals surface area contributed by atoms with E-state index in [1.807, 2.05) is 37.4 Å². The molecule has 19 heavy (non-hydrogen) atoms. The van der Waals surface area contributed by atoms with Crippen molar-refractivity contribution in [2.75, 3.05) is 11.1 Å². The van der Waals surface area contributed by atoms with Gasteiger partial charge in [0.25, 0.3) is 0 Å². The minimum atomic E-state index is -0.0789. The number of anilines is 1. The molecule has 1 heterocycles. The maximum Gasteiger partial charge on any atom is 0.234 e. The van der Waals surface area contributed by atoms with E-state index in [1.165, 1.54) is 11.8 Å². The van der Waals surface area contributed by atoms with Gasteiger partial charge in [-0.15, -0.1) is 0 Å². The molecule has 1 aromatic carbocycles. The van der Waals surface area contributed by atoms with Gasteiger partial charge in [0.15, 0.2) is 5.16 Å². The lowest BCUT2D eigenvalue weighted by Gasteiger charge is -2.05. The Balaban J connectivity index is 1.88. The number of nitrogens with one attached hydrogen (secondary N) is 1. The summed E-state index contributed by atoms with van der Waals surface area (Å²) in [6.45, 7) is -0.0553. The van der Waals surface area contributed by atoms with E-state index in [9.17, 15) is 4.79 Å². The molecular weight excluding hydrogens is 262 g/mol. The first-order valence-electron chi connectivity index (χ1n) is 5.80. The Morgan fingerprint density at radius 1 is 1.42 bits per heavy atom. The van der Waals surface area contributed by atoms with Crippen LogP contribution in [0.3, 0.4) is 0 Å². The third-order valence-electron chi connectivity index (χ3n) is 2.59. The second-order valence-electron chi connectivity index (χ2n) is 3.95. The van der Waals surface area contributed by atoms with Crippen molar-refractivity contribution in [1.82, 2.24) is 9.55 Å². The summed E-state index contributed by atoms with van der Waals surface area (Å²) < 4.78 is 1.78. The summed E-state index contributed by atoms with van der Waals surface area (Å²) >= 11 is 1.34. The molecule has 2 N–H and O–H groups in total. The number of hydrogen-bond donors (Lipinski definition) is 2. The molecule has 100 valence electrons. The van der Waals surface area contributed by atoms with E-state index in [0.29, 0.717) is 5.16 Å². The average Bonchev–Trinajstić information content (AvgIpc) is 2.78. The standard InChI is InChI=1S/C13H15N3O2S/c1-16-11(8-17)7-14-13(16)19-9-12(18)15-10-5-3-2-4-6-10/h2-7,17H,8-9H2,1H3,(H,15,18). The summed E-state index contributed by atoms with van der Waals surface area (Å²) in [7, 11) is 1.82. The molecule has 5 nitrogen and oxygen atoms in total. The van der Waals surface area contributed by atoms with Gasteiger partial charge in [0, 0.05) is 12.7 Å². The molecule has 0 fully saturated rings. The van der Waals surface area contributed by atoms with Gasteiger partial charge in [0.1, 0.15) is 0 Å². The van der Waals surface area contributed by atoms with E-state index < -0.39 is 0 Å². The molecule has 0 saturated heterocycles. The molecule has 0 saturated carbocycles. The lowest BCUT2D eigenvalue weighted by molar-refractivity contribution is -0.113. The molecule has 2 rings (SSSR count). The topological polar surface area (TPSA) is 67.1 Å². The predicted molar refractivity (Wildman–Crippen MR) is 74.9 cm³/mol. The number of amides is 1.